The second kappa shape index (κ2) is 4.66. The van der Waals surface area contributed by atoms with Crippen LogP contribution in [-0.2, 0) is 11.3 Å². The second-order valence-corrected chi connectivity index (χ2v) is 4.21. The van der Waals surface area contributed by atoms with Crippen LogP contribution in [0.15, 0.2) is 6.20 Å². The molecule has 0 bridgehead atoms. The van der Waals surface area contributed by atoms with E-state index in [0.717, 1.165) is 18.8 Å². The average Bonchev–Trinajstić information content (AvgIpc) is 2.77. The first kappa shape index (κ1) is 10.5. The van der Waals surface area contributed by atoms with Gasteiger partial charge in [0.25, 0.3) is 0 Å². The number of anilines is 1. The number of nitrogen functional groups attached to an aromatic ring is 1. The summed E-state index contributed by atoms with van der Waals surface area (Å²) in [4.78, 5) is 4.15. The summed E-state index contributed by atoms with van der Waals surface area (Å²) in [5.74, 6) is 0.586. The Labute approximate surface area is 90.4 Å². The Balaban J connectivity index is 1.75. The fourth-order valence-corrected chi connectivity index (χ4v) is 2.12. The molecule has 0 aromatic carbocycles. The Bertz CT molecular complexity index is 316. The summed E-state index contributed by atoms with van der Waals surface area (Å²) in [7, 11) is 0. The van der Waals surface area contributed by atoms with Crippen LogP contribution in [0.3, 0.4) is 0 Å². The highest BCUT2D eigenvalue weighted by molar-refractivity contribution is 5.20. The molecule has 1 heterocycles. The van der Waals surface area contributed by atoms with Crippen molar-refractivity contribution in [1.82, 2.24) is 9.55 Å². The normalized spacial score (nSPS) is 17.4. The standard InChI is InChI=1S/C11H19N3O/c1-9-8-14(11(12)13-9)6-7-15-10-4-2-3-5-10/h8,10H,2-7H2,1H3,(H2,12,13). The van der Waals surface area contributed by atoms with Crippen LogP contribution in [0.4, 0.5) is 5.95 Å². The minimum absolute atomic E-state index is 0.482. The van der Waals surface area contributed by atoms with E-state index in [-0.39, 0.29) is 0 Å². The maximum Gasteiger partial charge on any atom is 0.200 e. The highest BCUT2D eigenvalue weighted by atomic mass is 16.5. The molecule has 0 atom stereocenters. The first-order valence-electron chi connectivity index (χ1n) is 5.66. The number of aryl methyl sites for hydroxylation is 1. The van der Waals surface area contributed by atoms with Crippen LogP contribution >= 0.6 is 0 Å². The van der Waals surface area contributed by atoms with E-state index in [0.29, 0.717) is 12.1 Å². The Morgan fingerprint density at radius 1 is 1.53 bits per heavy atom. The molecular weight excluding hydrogens is 190 g/mol. The highest BCUT2D eigenvalue weighted by Crippen LogP contribution is 2.20. The van der Waals surface area contributed by atoms with Crippen molar-refractivity contribution in [1.29, 1.82) is 0 Å². The van der Waals surface area contributed by atoms with E-state index < -0.39 is 0 Å². The molecule has 1 aliphatic carbocycles. The average molecular weight is 209 g/mol. The van der Waals surface area contributed by atoms with Gasteiger partial charge >= 0.3 is 0 Å². The number of imidazole rings is 1. The monoisotopic (exact) mass is 209 g/mol. The molecule has 1 aliphatic rings. The first-order valence-corrected chi connectivity index (χ1v) is 5.66. The molecular formula is C11H19N3O. The lowest BCUT2D eigenvalue weighted by atomic mass is 10.3. The smallest absolute Gasteiger partial charge is 0.200 e. The third-order valence-corrected chi connectivity index (χ3v) is 2.92. The maximum atomic E-state index is 5.77. The van der Waals surface area contributed by atoms with Crippen molar-refractivity contribution in [2.45, 2.75) is 45.3 Å². The van der Waals surface area contributed by atoms with Crippen molar-refractivity contribution < 1.29 is 4.74 Å². The van der Waals surface area contributed by atoms with Crippen LogP contribution in [-0.4, -0.2) is 22.3 Å². The third kappa shape index (κ3) is 2.72. The van der Waals surface area contributed by atoms with Crippen molar-refractivity contribution in [3.8, 4) is 0 Å². The molecule has 84 valence electrons. The summed E-state index contributed by atoms with van der Waals surface area (Å²) in [6, 6.07) is 0. The second-order valence-electron chi connectivity index (χ2n) is 4.21. The maximum absolute atomic E-state index is 5.77. The number of hydrogen-bond donors (Lipinski definition) is 1. The van der Waals surface area contributed by atoms with Crippen molar-refractivity contribution >= 4 is 5.95 Å². The van der Waals surface area contributed by atoms with Gasteiger partial charge in [0.2, 0.25) is 0 Å². The topological polar surface area (TPSA) is 53.1 Å². The van der Waals surface area contributed by atoms with Crippen LogP contribution in [0, 0.1) is 6.92 Å². The van der Waals surface area contributed by atoms with E-state index in [1.54, 1.807) is 0 Å². The Morgan fingerprint density at radius 3 is 2.87 bits per heavy atom. The van der Waals surface area contributed by atoms with Crippen molar-refractivity contribution in [2.24, 2.45) is 0 Å². The van der Waals surface area contributed by atoms with E-state index in [1.165, 1.54) is 25.7 Å². The summed E-state index contributed by atoms with van der Waals surface area (Å²) in [6.07, 6.45) is 7.52. The first-order chi connectivity index (χ1) is 7.25. The predicted molar refractivity (Wildman–Crippen MR) is 59.6 cm³/mol. The van der Waals surface area contributed by atoms with Gasteiger partial charge in [-0.05, 0) is 19.8 Å². The summed E-state index contributed by atoms with van der Waals surface area (Å²) < 4.78 is 7.72. The van der Waals surface area contributed by atoms with Gasteiger partial charge in [-0.25, -0.2) is 4.98 Å². The van der Waals surface area contributed by atoms with Crippen LogP contribution in [0.2, 0.25) is 0 Å². The molecule has 2 rings (SSSR count). The van der Waals surface area contributed by atoms with Gasteiger partial charge in [0.05, 0.1) is 18.4 Å². The van der Waals surface area contributed by atoms with Crippen molar-refractivity contribution in [2.75, 3.05) is 12.3 Å². The van der Waals surface area contributed by atoms with Gasteiger partial charge in [-0.1, -0.05) is 12.8 Å². The van der Waals surface area contributed by atoms with Gasteiger partial charge in [0.1, 0.15) is 0 Å². The van der Waals surface area contributed by atoms with Crippen LogP contribution in [0.5, 0.6) is 0 Å². The van der Waals surface area contributed by atoms with E-state index >= 15 is 0 Å². The lowest BCUT2D eigenvalue weighted by Gasteiger charge is -2.11. The van der Waals surface area contributed by atoms with Gasteiger partial charge < -0.3 is 15.0 Å². The quantitative estimate of drug-likeness (QED) is 0.821. The number of rotatable bonds is 4. The number of nitrogens with zero attached hydrogens (tertiary/aromatic N) is 2. The molecule has 15 heavy (non-hydrogen) atoms. The van der Waals surface area contributed by atoms with E-state index in [9.17, 15) is 0 Å². The fraction of sp³-hybridized carbons (Fsp3) is 0.727. The zero-order valence-electron chi connectivity index (χ0n) is 9.28. The molecule has 4 heteroatoms. The molecule has 0 saturated heterocycles. The SMILES string of the molecule is Cc1cn(CCOC2CCCC2)c(N)n1. The minimum Gasteiger partial charge on any atom is -0.376 e. The van der Waals surface area contributed by atoms with E-state index in [2.05, 4.69) is 4.98 Å². The largest absolute Gasteiger partial charge is 0.376 e. The van der Waals surface area contributed by atoms with Gasteiger partial charge in [0, 0.05) is 12.7 Å². The van der Waals surface area contributed by atoms with Crippen LogP contribution < -0.4 is 5.73 Å². The molecule has 1 saturated carbocycles. The molecule has 2 N–H and O–H groups in total. The molecule has 1 fully saturated rings. The highest BCUT2D eigenvalue weighted by Gasteiger charge is 2.14. The Kier molecular flexibility index (Phi) is 3.26. The molecule has 4 nitrogen and oxygen atoms in total. The number of nitrogens with two attached hydrogens (primary N) is 1. The zero-order chi connectivity index (χ0) is 10.7. The number of hydrogen-bond acceptors (Lipinski definition) is 3. The predicted octanol–water partition coefficient (Wildman–Crippen LogP) is 1.73. The summed E-state index contributed by atoms with van der Waals surface area (Å²) in [6.45, 7) is 3.50. The molecule has 0 aliphatic heterocycles. The van der Waals surface area contributed by atoms with Gasteiger partial charge in [0.15, 0.2) is 5.95 Å². The molecule has 1 aromatic rings. The summed E-state index contributed by atoms with van der Waals surface area (Å²) in [5.41, 5.74) is 6.70. The zero-order valence-corrected chi connectivity index (χ0v) is 9.28. The van der Waals surface area contributed by atoms with E-state index in [1.807, 2.05) is 17.7 Å². The summed E-state index contributed by atoms with van der Waals surface area (Å²) in [5, 5.41) is 0. The van der Waals surface area contributed by atoms with E-state index in [4.69, 9.17) is 10.5 Å². The summed E-state index contributed by atoms with van der Waals surface area (Å²) >= 11 is 0. The Morgan fingerprint density at radius 2 is 2.27 bits per heavy atom. The molecule has 0 spiro atoms. The van der Waals surface area contributed by atoms with Crippen molar-refractivity contribution in [3.05, 3.63) is 11.9 Å². The van der Waals surface area contributed by atoms with Gasteiger partial charge in [-0.3, -0.25) is 0 Å². The lowest BCUT2D eigenvalue weighted by Crippen LogP contribution is -2.13. The van der Waals surface area contributed by atoms with Crippen molar-refractivity contribution in [3.63, 3.8) is 0 Å². The number of ether oxygens (including phenoxy) is 1. The molecule has 0 unspecified atom stereocenters. The molecule has 0 amide bonds. The molecule has 1 aromatic heterocycles. The molecule has 0 radical (unpaired) electrons. The third-order valence-electron chi connectivity index (χ3n) is 2.92. The van der Waals surface area contributed by atoms with Gasteiger partial charge in [-0.2, -0.15) is 0 Å². The fourth-order valence-electron chi connectivity index (χ4n) is 2.12. The Hall–Kier alpha value is -1.03. The van der Waals surface area contributed by atoms with Gasteiger partial charge in [-0.15, -0.1) is 0 Å². The lowest BCUT2D eigenvalue weighted by molar-refractivity contribution is 0.0532. The van der Waals surface area contributed by atoms with Crippen LogP contribution in [0.1, 0.15) is 31.4 Å². The number of aromatic nitrogens is 2. The minimum atomic E-state index is 0.482. The van der Waals surface area contributed by atoms with Crippen LogP contribution in [0.25, 0.3) is 0 Å².